The van der Waals surface area contributed by atoms with Crippen LogP contribution in [0.4, 0.5) is 0 Å². The summed E-state index contributed by atoms with van der Waals surface area (Å²) in [6.07, 6.45) is 1.05. The molecule has 0 aliphatic heterocycles. The number of hydrogen-bond acceptors (Lipinski definition) is 0. The van der Waals surface area contributed by atoms with Crippen molar-refractivity contribution in [2.24, 2.45) is 5.92 Å². The van der Waals surface area contributed by atoms with Crippen molar-refractivity contribution >= 4 is 17.2 Å². The molecule has 1 aromatic rings. The van der Waals surface area contributed by atoms with E-state index < -0.39 is 0 Å². The summed E-state index contributed by atoms with van der Waals surface area (Å²) >= 11 is 6.06. The molecule has 0 nitrogen and oxygen atoms in total. The number of rotatable bonds is 0. The van der Waals surface area contributed by atoms with E-state index in [1.807, 2.05) is 12.1 Å². The molecule has 1 atom stereocenters. The van der Waals surface area contributed by atoms with Crippen molar-refractivity contribution in [3.8, 4) is 0 Å². The second-order valence-electron chi connectivity index (χ2n) is 3.40. The fourth-order valence-corrected chi connectivity index (χ4v) is 2.01. The lowest BCUT2D eigenvalue weighted by molar-refractivity contribution is 0.782. The van der Waals surface area contributed by atoms with Gasteiger partial charge < -0.3 is 0 Å². The largest absolute Gasteiger partial charge is 0.0949 e. The predicted octanol–water partition coefficient (Wildman–Crippen LogP) is 3.55. The van der Waals surface area contributed by atoms with Gasteiger partial charge in [-0.25, -0.2) is 0 Å². The van der Waals surface area contributed by atoms with Crippen LogP contribution in [0.1, 0.15) is 18.1 Å². The molecule has 1 aliphatic rings. The van der Waals surface area contributed by atoms with E-state index in [-0.39, 0.29) is 0 Å². The van der Waals surface area contributed by atoms with Gasteiger partial charge in [-0.3, -0.25) is 0 Å². The van der Waals surface area contributed by atoms with E-state index in [9.17, 15) is 0 Å². The van der Waals surface area contributed by atoms with Crippen molar-refractivity contribution in [2.75, 3.05) is 0 Å². The molecule has 1 aliphatic carbocycles. The zero-order chi connectivity index (χ0) is 8.72. The standard InChI is InChI=1S/C11H11Cl/c1-7-6-10-9(8(7)2)4-3-5-11(10)12/h3-5,7H,2,6H2,1H3. The molecule has 0 saturated heterocycles. The minimum atomic E-state index is 0.555. The van der Waals surface area contributed by atoms with Crippen LogP contribution in [0, 0.1) is 5.92 Å². The molecule has 62 valence electrons. The summed E-state index contributed by atoms with van der Waals surface area (Å²) in [5, 5.41) is 0.887. The number of fused-ring (bicyclic) bond motifs is 1. The van der Waals surface area contributed by atoms with Gasteiger partial charge in [0, 0.05) is 5.02 Å². The Bertz CT molecular complexity index is 339. The van der Waals surface area contributed by atoms with Gasteiger partial charge in [-0.2, -0.15) is 0 Å². The molecular weight excluding hydrogens is 168 g/mol. The Balaban J connectivity index is 2.61. The molecule has 0 amide bonds. The molecule has 12 heavy (non-hydrogen) atoms. The maximum absolute atomic E-state index is 6.06. The molecular formula is C11H11Cl. The van der Waals surface area contributed by atoms with E-state index in [1.54, 1.807) is 0 Å². The van der Waals surface area contributed by atoms with Gasteiger partial charge in [0.2, 0.25) is 0 Å². The van der Waals surface area contributed by atoms with Gasteiger partial charge in [0.15, 0.2) is 0 Å². The van der Waals surface area contributed by atoms with Crippen LogP contribution >= 0.6 is 11.6 Å². The second-order valence-corrected chi connectivity index (χ2v) is 3.80. The number of benzene rings is 1. The van der Waals surface area contributed by atoms with Gasteiger partial charge in [0.1, 0.15) is 0 Å². The third kappa shape index (κ3) is 0.987. The number of halogens is 1. The Morgan fingerprint density at radius 2 is 2.25 bits per heavy atom. The molecule has 1 aromatic carbocycles. The highest BCUT2D eigenvalue weighted by Crippen LogP contribution is 2.38. The van der Waals surface area contributed by atoms with E-state index in [4.69, 9.17) is 11.6 Å². The smallest absolute Gasteiger partial charge is 0.0444 e. The van der Waals surface area contributed by atoms with Gasteiger partial charge in [-0.05, 0) is 35.1 Å². The molecule has 0 spiro atoms. The van der Waals surface area contributed by atoms with Crippen LogP contribution < -0.4 is 0 Å². The zero-order valence-electron chi connectivity index (χ0n) is 7.10. The van der Waals surface area contributed by atoms with E-state index in [1.165, 1.54) is 16.7 Å². The predicted molar refractivity (Wildman–Crippen MR) is 53.4 cm³/mol. The topological polar surface area (TPSA) is 0 Å². The Hall–Kier alpha value is -0.750. The molecule has 0 fully saturated rings. The Morgan fingerprint density at radius 1 is 1.50 bits per heavy atom. The second kappa shape index (κ2) is 2.63. The van der Waals surface area contributed by atoms with Crippen LogP contribution in [-0.2, 0) is 6.42 Å². The quantitative estimate of drug-likeness (QED) is 0.570. The van der Waals surface area contributed by atoms with Gasteiger partial charge in [0.25, 0.3) is 0 Å². The highest BCUT2D eigenvalue weighted by molar-refractivity contribution is 6.31. The monoisotopic (exact) mass is 178 g/mol. The van der Waals surface area contributed by atoms with Crippen LogP contribution in [-0.4, -0.2) is 0 Å². The Morgan fingerprint density at radius 3 is 2.92 bits per heavy atom. The zero-order valence-corrected chi connectivity index (χ0v) is 7.86. The number of allylic oxidation sites excluding steroid dienone is 1. The van der Waals surface area contributed by atoms with Gasteiger partial charge in [-0.1, -0.05) is 37.2 Å². The molecule has 0 N–H and O–H groups in total. The highest BCUT2D eigenvalue weighted by atomic mass is 35.5. The minimum Gasteiger partial charge on any atom is -0.0949 e. The van der Waals surface area contributed by atoms with E-state index in [2.05, 4.69) is 19.6 Å². The van der Waals surface area contributed by atoms with Crippen LogP contribution in [0.15, 0.2) is 24.8 Å². The first-order valence-corrected chi connectivity index (χ1v) is 4.54. The molecule has 1 heteroatoms. The normalized spacial score (nSPS) is 21.2. The van der Waals surface area contributed by atoms with Crippen LogP contribution in [0.2, 0.25) is 5.02 Å². The Kier molecular flexibility index (Phi) is 1.73. The lowest BCUT2D eigenvalue weighted by atomic mass is 10.0. The third-order valence-electron chi connectivity index (χ3n) is 2.57. The molecule has 2 rings (SSSR count). The van der Waals surface area contributed by atoms with Crippen LogP contribution in [0.3, 0.4) is 0 Å². The molecule has 0 heterocycles. The van der Waals surface area contributed by atoms with E-state index in [0.717, 1.165) is 11.4 Å². The lowest BCUT2D eigenvalue weighted by Gasteiger charge is -2.01. The van der Waals surface area contributed by atoms with Crippen molar-refractivity contribution < 1.29 is 0 Å². The van der Waals surface area contributed by atoms with Crippen molar-refractivity contribution in [3.63, 3.8) is 0 Å². The van der Waals surface area contributed by atoms with Gasteiger partial charge >= 0.3 is 0 Å². The molecule has 0 saturated carbocycles. The summed E-state index contributed by atoms with van der Waals surface area (Å²) in [5.74, 6) is 0.555. The first-order chi connectivity index (χ1) is 5.70. The van der Waals surface area contributed by atoms with Gasteiger partial charge in [0.05, 0.1) is 0 Å². The van der Waals surface area contributed by atoms with Gasteiger partial charge in [-0.15, -0.1) is 0 Å². The maximum Gasteiger partial charge on any atom is 0.0444 e. The first kappa shape index (κ1) is 7.88. The summed E-state index contributed by atoms with van der Waals surface area (Å²) in [5.41, 5.74) is 3.76. The third-order valence-corrected chi connectivity index (χ3v) is 2.92. The minimum absolute atomic E-state index is 0.555. The Labute approximate surface area is 77.9 Å². The van der Waals surface area contributed by atoms with E-state index >= 15 is 0 Å². The molecule has 1 unspecified atom stereocenters. The van der Waals surface area contributed by atoms with Crippen molar-refractivity contribution in [3.05, 3.63) is 40.9 Å². The average Bonchev–Trinajstić information content (AvgIpc) is 2.32. The summed E-state index contributed by atoms with van der Waals surface area (Å²) < 4.78 is 0. The molecule has 0 aromatic heterocycles. The molecule has 0 radical (unpaired) electrons. The highest BCUT2D eigenvalue weighted by Gasteiger charge is 2.22. The summed E-state index contributed by atoms with van der Waals surface area (Å²) in [6.45, 7) is 6.25. The summed E-state index contributed by atoms with van der Waals surface area (Å²) in [7, 11) is 0. The fraction of sp³-hybridized carbons (Fsp3) is 0.273. The molecule has 0 bridgehead atoms. The number of hydrogen-bond donors (Lipinski definition) is 0. The lowest BCUT2D eigenvalue weighted by Crippen LogP contribution is -1.88. The first-order valence-electron chi connectivity index (χ1n) is 4.16. The SMILES string of the molecule is C=C1c2cccc(Cl)c2CC1C. The summed E-state index contributed by atoms with van der Waals surface area (Å²) in [4.78, 5) is 0. The van der Waals surface area contributed by atoms with Crippen molar-refractivity contribution in [1.29, 1.82) is 0 Å². The maximum atomic E-state index is 6.06. The van der Waals surface area contributed by atoms with Crippen molar-refractivity contribution in [1.82, 2.24) is 0 Å². The fourth-order valence-electron chi connectivity index (χ4n) is 1.76. The van der Waals surface area contributed by atoms with E-state index in [0.29, 0.717) is 5.92 Å². The summed E-state index contributed by atoms with van der Waals surface area (Å²) in [6, 6.07) is 6.04. The average molecular weight is 179 g/mol. The van der Waals surface area contributed by atoms with Crippen molar-refractivity contribution in [2.45, 2.75) is 13.3 Å². The van der Waals surface area contributed by atoms with Crippen LogP contribution in [0.5, 0.6) is 0 Å². The van der Waals surface area contributed by atoms with Crippen LogP contribution in [0.25, 0.3) is 5.57 Å².